The molecule has 3 aromatic heterocycles. The van der Waals surface area contributed by atoms with Gasteiger partial charge in [0.15, 0.2) is 5.82 Å². The van der Waals surface area contributed by atoms with Crippen LogP contribution in [-0.2, 0) is 9.63 Å². The highest BCUT2D eigenvalue weighted by Crippen LogP contribution is 2.28. The molecule has 2 amide bonds. The highest BCUT2D eigenvalue weighted by atomic mass is 19.4. The summed E-state index contributed by atoms with van der Waals surface area (Å²) >= 11 is 0. The Hall–Kier alpha value is -5.19. The summed E-state index contributed by atoms with van der Waals surface area (Å²) in [6.45, 7) is -1.68. The van der Waals surface area contributed by atoms with Gasteiger partial charge in [0.1, 0.15) is 29.6 Å². The van der Waals surface area contributed by atoms with Crippen molar-refractivity contribution >= 4 is 29.7 Å². The number of carbonyl (C=O) groups is 2. The predicted molar refractivity (Wildman–Crippen MR) is 120 cm³/mol. The number of nitrogens with one attached hydrogen (secondary N) is 1. The standard InChI is InChI=1S/C22H15F3N8O3/c23-22(24,25)11-30-21(35)33(36-12-34)16-3-1-2-13(6-16)17-10-28-18-7-14(4-5-32(17)18)20-29-9-15(8-26)19(27)31-20/h1-7,9-10,12H,11H2,(H,30,35)(H2,27,29,31). The number of aromatic nitrogens is 4. The molecule has 0 aliphatic carbocycles. The third-order valence-corrected chi connectivity index (χ3v) is 4.86. The molecule has 4 rings (SSSR count). The zero-order chi connectivity index (χ0) is 25.9. The maximum Gasteiger partial charge on any atom is 0.405 e. The average molecular weight is 496 g/mol. The number of nitrogens with two attached hydrogens (primary N) is 1. The fraction of sp³-hybridized carbons (Fsp3) is 0.0909. The molecule has 3 N–H and O–H groups in total. The zero-order valence-electron chi connectivity index (χ0n) is 18.1. The monoisotopic (exact) mass is 496 g/mol. The first-order valence-electron chi connectivity index (χ1n) is 10.1. The van der Waals surface area contributed by atoms with Crippen molar-refractivity contribution in [2.75, 3.05) is 17.3 Å². The fourth-order valence-electron chi connectivity index (χ4n) is 3.26. The van der Waals surface area contributed by atoms with Crippen molar-refractivity contribution < 1.29 is 27.6 Å². The third kappa shape index (κ3) is 4.99. The highest BCUT2D eigenvalue weighted by molar-refractivity contribution is 5.91. The molecule has 0 radical (unpaired) electrons. The van der Waals surface area contributed by atoms with E-state index in [2.05, 4.69) is 19.8 Å². The average Bonchev–Trinajstić information content (AvgIpc) is 3.29. The van der Waals surface area contributed by atoms with Gasteiger partial charge in [0, 0.05) is 17.3 Å². The Morgan fingerprint density at radius 3 is 2.72 bits per heavy atom. The van der Waals surface area contributed by atoms with E-state index >= 15 is 0 Å². The van der Waals surface area contributed by atoms with E-state index in [1.165, 1.54) is 24.4 Å². The van der Waals surface area contributed by atoms with Gasteiger partial charge in [-0.2, -0.15) is 18.4 Å². The van der Waals surface area contributed by atoms with Crippen molar-refractivity contribution in [3.63, 3.8) is 0 Å². The van der Waals surface area contributed by atoms with Crippen molar-refractivity contribution in [2.45, 2.75) is 6.18 Å². The molecule has 0 spiro atoms. The first-order chi connectivity index (χ1) is 17.2. The molecule has 0 bridgehead atoms. The summed E-state index contributed by atoms with van der Waals surface area (Å²) in [5, 5.41) is 11.0. The van der Waals surface area contributed by atoms with Crippen LogP contribution in [0.5, 0.6) is 0 Å². The fourth-order valence-corrected chi connectivity index (χ4v) is 3.26. The Kier molecular flexibility index (Phi) is 6.38. The molecule has 0 aliphatic heterocycles. The Morgan fingerprint density at radius 2 is 2.03 bits per heavy atom. The van der Waals surface area contributed by atoms with Gasteiger partial charge in [-0.3, -0.25) is 9.20 Å². The van der Waals surface area contributed by atoms with E-state index in [0.29, 0.717) is 33.4 Å². The van der Waals surface area contributed by atoms with E-state index in [1.807, 2.05) is 6.07 Å². The van der Waals surface area contributed by atoms with Gasteiger partial charge in [-0.15, -0.1) is 5.06 Å². The minimum Gasteiger partial charge on any atom is -0.382 e. The molecular formula is C22H15F3N8O3. The highest BCUT2D eigenvalue weighted by Gasteiger charge is 2.30. The SMILES string of the molecule is N#Cc1cnc(-c2ccn3c(-c4cccc(N(OC=O)C(=O)NCC(F)(F)F)c4)cnc3c2)nc1N. The van der Waals surface area contributed by atoms with E-state index < -0.39 is 18.8 Å². The van der Waals surface area contributed by atoms with Crippen LogP contribution in [0.4, 0.5) is 29.5 Å². The van der Waals surface area contributed by atoms with Crippen LogP contribution in [0.2, 0.25) is 0 Å². The largest absolute Gasteiger partial charge is 0.405 e. The number of amides is 2. The predicted octanol–water partition coefficient (Wildman–Crippen LogP) is 3.08. The first kappa shape index (κ1) is 24.0. The molecule has 1 aromatic carbocycles. The van der Waals surface area contributed by atoms with Crippen LogP contribution >= 0.6 is 0 Å². The number of rotatable bonds is 6. The topological polar surface area (TPSA) is 152 Å². The summed E-state index contributed by atoms with van der Waals surface area (Å²) in [4.78, 5) is 40.3. The van der Waals surface area contributed by atoms with Gasteiger partial charge < -0.3 is 15.9 Å². The van der Waals surface area contributed by atoms with Crippen LogP contribution in [0.15, 0.2) is 55.0 Å². The minimum absolute atomic E-state index is 0.00676. The van der Waals surface area contributed by atoms with E-state index in [9.17, 15) is 22.8 Å². The summed E-state index contributed by atoms with van der Waals surface area (Å²) in [5.74, 6) is 0.344. The molecule has 0 atom stereocenters. The molecule has 11 nitrogen and oxygen atoms in total. The second-order valence-electron chi connectivity index (χ2n) is 7.21. The molecule has 4 aromatic rings. The van der Waals surface area contributed by atoms with E-state index in [0.717, 1.165) is 0 Å². The van der Waals surface area contributed by atoms with Crippen LogP contribution < -0.4 is 16.1 Å². The number of hydrogen-bond donors (Lipinski definition) is 2. The van der Waals surface area contributed by atoms with Crippen LogP contribution in [0.1, 0.15) is 5.56 Å². The number of benzene rings is 1. The number of halogens is 3. The lowest BCUT2D eigenvalue weighted by molar-refractivity contribution is -0.129. The number of fused-ring (bicyclic) bond motifs is 1. The first-order valence-corrected chi connectivity index (χ1v) is 10.1. The molecular weight excluding hydrogens is 481 g/mol. The number of pyridine rings is 1. The van der Waals surface area contributed by atoms with Gasteiger partial charge >= 0.3 is 18.7 Å². The summed E-state index contributed by atoms with van der Waals surface area (Å²) in [7, 11) is 0. The Bertz CT molecular complexity index is 1500. The lowest BCUT2D eigenvalue weighted by Gasteiger charge is -2.20. The number of anilines is 2. The summed E-state index contributed by atoms with van der Waals surface area (Å²) in [5.41, 5.74) is 8.12. The molecule has 0 fully saturated rings. The second kappa shape index (κ2) is 9.58. The lowest BCUT2D eigenvalue weighted by atomic mass is 10.1. The zero-order valence-corrected chi connectivity index (χ0v) is 18.1. The van der Waals surface area contributed by atoms with Gasteiger partial charge in [0.25, 0.3) is 0 Å². The number of nitrogen functional groups attached to an aromatic ring is 1. The van der Waals surface area contributed by atoms with Crippen molar-refractivity contribution in [1.82, 2.24) is 24.7 Å². The van der Waals surface area contributed by atoms with Crippen molar-refractivity contribution in [3.05, 3.63) is 60.6 Å². The quantitative estimate of drug-likeness (QED) is 0.305. The smallest absolute Gasteiger partial charge is 0.382 e. The molecule has 182 valence electrons. The number of nitriles is 1. The number of imidazole rings is 1. The van der Waals surface area contributed by atoms with Crippen molar-refractivity contribution in [1.29, 1.82) is 5.26 Å². The lowest BCUT2D eigenvalue weighted by Crippen LogP contribution is -2.43. The normalized spacial score (nSPS) is 11.1. The molecule has 0 saturated heterocycles. The number of alkyl halides is 3. The van der Waals surface area contributed by atoms with Gasteiger partial charge in [-0.05, 0) is 24.3 Å². The molecule has 0 unspecified atom stereocenters. The maximum absolute atomic E-state index is 12.5. The summed E-state index contributed by atoms with van der Waals surface area (Å²) in [6, 6.07) is 10.1. The number of hydrogen-bond acceptors (Lipinski definition) is 8. The van der Waals surface area contributed by atoms with Crippen molar-refractivity contribution in [2.24, 2.45) is 0 Å². The third-order valence-electron chi connectivity index (χ3n) is 4.86. The molecule has 3 heterocycles. The van der Waals surface area contributed by atoms with E-state index in [-0.39, 0.29) is 23.5 Å². The summed E-state index contributed by atoms with van der Waals surface area (Å²) < 4.78 is 39.1. The van der Waals surface area contributed by atoms with E-state index in [1.54, 1.807) is 40.3 Å². The number of nitrogens with zero attached hydrogens (tertiary/aromatic N) is 6. The van der Waals surface area contributed by atoms with E-state index in [4.69, 9.17) is 11.0 Å². The van der Waals surface area contributed by atoms with Crippen LogP contribution in [0.25, 0.3) is 28.3 Å². The van der Waals surface area contributed by atoms with Crippen LogP contribution in [0.3, 0.4) is 0 Å². The van der Waals surface area contributed by atoms with Gasteiger partial charge in [-0.1, -0.05) is 12.1 Å². The van der Waals surface area contributed by atoms with Gasteiger partial charge in [0.05, 0.1) is 23.8 Å². The molecule has 0 aliphatic rings. The van der Waals surface area contributed by atoms with Crippen molar-refractivity contribution in [3.8, 4) is 28.7 Å². The Labute approximate surface area is 200 Å². The number of urea groups is 1. The molecule has 0 saturated carbocycles. The Morgan fingerprint density at radius 1 is 1.22 bits per heavy atom. The van der Waals surface area contributed by atoms with Crippen LogP contribution in [-0.4, -0.2) is 44.6 Å². The number of hydroxylamine groups is 1. The maximum atomic E-state index is 12.5. The minimum atomic E-state index is -4.64. The molecule has 14 heteroatoms. The number of carbonyl (C=O) groups excluding carboxylic acids is 2. The Balaban J connectivity index is 1.65. The van der Waals surface area contributed by atoms with Gasteiger partial charge in [0.2, 0.25) is 0 Å². The second-order valence-corrected chi connectivity index (χ2v) is 7.21. The van der Waals surface area contributed by atoms with Crippen LogP contribution in [0, 0.1) is 11.3 Å². The summed E-state index contributed by atoms with van der Waals surface area (Å²) in [6.07, 6.45) is -0.0926. The molecule has 36 heavy (non-hydrogen) atoms. The van der Waals surface area contributed by atoms with Gasteiger partial charge in [-0.25, -0.2) is 19.7 Å².